The van der Waals surface area contributed by atoms with E-state index in [1.54, 1.807) is 11.1 Å². The van der Waals surface area contributed by atoms with Gasteiger partial charge < -0.3 is 4.57 Å². The fourth-order valence-electron chi connectivity index (χ4n) is 9.20. The molecular weight excluding hydrogens is 398 g/mol. The molecule has 0 unspecified atom stereocenters. The van der Waals surface area contributed by atoms with Crippen LogP contribution in [-0.2, 0) is 18.3 Å². The fourth-order valence-corrected chi connectivity index (χ4v) is 9.20. The van der Waals surface area contributed by atoms with E-state index < -0.39 is 0 Å². The summed E-state index contributed by atoms with van der Waals surface area (Å²) < 4.78 is 2.67. The lowest BCUT2D eigenvalue weighted by atomic mass is 9.41. The molecule has 9 rings (SSSR count). The van der Waals surface area contributed by atoms with Gasteiger partial charge in [-0.15, -0.1) is 0 Å². The predicted octanol–water partition coefficient (Wildman–Crippen LogP) is 7.96. The van der Waals surface area contributed by atoms with Crippen molar-refractivity contribution in [2.24, 2.45) is 23.7 Å². The number of fused-ring (bicyclic) bond motifs is 5. The average Bonchev–Trinajstić information content (AvgIpc) is 3.18. The van der Waals surface area contributed by atoms with Crippen LogP contribution in [0.2, 0.25) is 0 Å². The highest BCUT2D eigenvalue weighted by Gasteiger charge is 2.60. The van der Waals surface area contributed by atoms with E-state index in [1.165, 1.54) is 70.7 Å². The summed E-state index contributed by atoms with van der Waals surface area (Å²) in [6.07, 6.45) is 9.47. The van der Waals surface area contributed by atoms with Crippen molar-refractivity contribution in [3.63, 3.8) is 0 Å². The summed E-state index contributed by atoms with van der Waals surface area (Å²) in [7, 11) is 0. The Balaban J connectivity index is 1.56. The van der Waals surface area contributed by atoms with E-state index in [0.29, 0.717) is 0 Å². The van der Waals surface area contributed by atoms with Crippen molar-refractivity contribution < 1.29 is 0 Å². The average molecular weight is 432 g/mol. The number of nitrogens with zero attached hydrogens (tertiary/aromatic N) is 1. The van der Waals surface area contributed by atoms with E-state index >= 15 is 0 Å². The van der Waals surface area contributed by atoms with Crippen LogP contribution in [0.1, 0.15) is 68.2 Å². The first kappa shape index (κ1) is 18.8. The van der Waals surface area contributed by atoms with Gasteiger partial charge in [0.05, 0.1) is 16.7 Å². The molecule has 1 aliphatic heterocycles. The Morgan fingerprint density at radius 3 is 2.15 bits per heavy atom. The Morgan fingerprint density at radius 2 is 1.42 bits per heavy atom. The monoisotopic (exact) mass is 431 g/mol. The molecule has 4 bridgehead atoms. The standard InChI is InChI=1S/C32H33N/c1-3-19-8-10-25-26-6-5-7-28-31(26)33(29(25)17-19)30-18-20(4-2)9-11-27(30)32(28)23-13-21-12-22(15-23)16-24(32)14-21/h5-11,17-18,21-24H,3-4,12-16H2,1-2H3. The van der Waals surface area contributed by atoms with Gasteiger partial charge in [0, 0.05) is 16.2 Å². The van der Waals surface area contributed by atoms with Crippen LogP contribution in [-0.4, -0.2) is 4.57 Å². The molecule has 166 valence electrons. The zero-order valence-corrected chi connectivity index (χ0v) is 19.9. The van der Waals surface area contributed by atoms with Crippen LogP contribution in [0.25, 0.3) is 27.5 Å². The number of aryl methyl sites for hydroxylation is 2. The normalized spacial score (nSPS) is 31.1. The highest BCUT2D eigenvalue weighted by atomic mass is 15.0. The number of hydrogen-bond acceptors (Lipinski definition) is 0. The second-order valence-electron chi connectivity index (χ2n) is 11.6. The minimum atomic E-state index is 0.215. The highest BCUT2D eigenvalue weighted by molar-refractivity contribution is 6.11. The predicted molar refractivity (Wildman–Crippen MR) is 137 cm³/mol. The molecule has 0 amide bonds. The van der Waals surface area contributed by atoms with Crippen LogP contribution in [0.3, 0.4) is 0 Å². The van der Waals surface area contributed by atoms with Gasteiger partial charge in [-0.05, 0) is 103 Å². The molecule has 4 saturated carbocycles. The number of hydrogen-bond donors (Lipinski definition) is 0. The van der Waals surface area contributed by atoms with Gasteiger partial charge in [-0.3, -0.25) is 0 Å². The van der Waals surface area contributed by atoms with Gasteiger partial charge in [-0.25, -0.2) is 0 Å². The molecule has 4 aromatic rings. The summed E-state index contributed by atoms with van der Waals surface area (Å²) in [4.78, 5) is 0. The molecule has 0 radical (unpaired) electrons. The molecule has 3 aromatic carbocycles. The molecule has 1 nitrogen and oxygen atoms in total. The molecule has 4 fully saturated rings. The lowest BCUT2D eigenvalue weighted by molar-refractivity contribution is -0.0418. The van der Waals surface area contributed by atoms with Crippen molar-refractivity contribution in [2.45, 2.75) is 64.2 Å². The van der Waals surface area contributed by atoms with Crippen molar-refractivity contribution in [1.82, 2.24) is 4.57 Å². The summed E-state index contributed by atoms with van der Waals surface area (Å²) in [5.41, 5.74) is 10.8. The summed E-state index contributed by atoms with van der Waals surface area (Å²) >= 11 is 0. The summed E-state index contributed by atoms with van der Waals surface area (Å²) in [6.45, 7) is 4.58. The maximum absolute atomic E-state index is 2.67. The molecule has 5 aliphatic rings. The maximum atomic E-state index is 2.67. The molecule has 0 saturated heterocycles. The third-order valence-corrected chi connectivity index (χ3v) is 10.3. The Labute approximate surface area is 196 Å². The summed E-state index contributed by atoms with van der Waals surface area (Å²) in [5, 5.41) is 2.89. The van der Waals surface area contributed by atoms with Gasteiger partial charge in [-0.2, -0.15) is 0 Å². The Kier molecular flexibility index (Phi) is 3.61. The van der Waals surface area contributed by atoms with Crippen molar-refractivity contribution in [3.8, 4) is 5.69 Å². The second kappa shape index (κ2) is 6.32. The smallest absolute Gasteiger partial charge is 0.0582 e. The minimum Gasteiger partial charge on any atom is -0.309 e. The molecule has 4 aliphatic carbocycles. The van der Waals surface area contributed by atoms with E-state index in [0.717, 1.165) is 36.5 Å². The number of benzene rings is 3. The Bertz CT molecular complexity index is 1420. The van der Waals surface area contributed by atoms with Crippen LogP contribution < -0.4 is 0 Å². The first-order valence-corrected chi connectivity index (χ1v) is 13.4. The van der Waals surface area contributed by atoms with E-state index in [2.05, 4.69) is 73.0 Å². The van der Waals surface area contributed by atoms with Gasteiger partial charge in [0.2, 0.25) is 0 Å². The lowest BCUT2D eigenvalue weighted by Gasteiger charge is -2.63. The van der Waals surface area contributed by atoms with Crippen molar-refractivity contribution >= 4 is 21.8 Å². The maximum Gasteiger partial charge on any atom is 0.0582 e. The zero-order valence-electron chi connectivity index (χ0n) is 19.9. The SMILES string of the molecule is CCc1ccc2c(c1)-n1c3cc(CC)ccc3c3cccc(c31)C21C2CC3CC(C2)CC1C3. The second-order valence-corrected chi connectivity index (χ2v) is 11.6. The van der Waals surface area contributed by atoms with E-state index in [1.807, 2.05) is 0 Å². The van der Waals surface area contributed by atoms with Gasteiger partial charge in [-0.1, -0.05) is 56.3 Å². The van der Waals surface area contributed by atoms with Crippen LogP contribution in [0.4, 0.5) is 0 Å². The quantitative estimate of drug-likeness (QED) is 0.303. The van der Waals surface area contributed by atoms with Crippen LogP contribution in [0, 0.1) is 23.7 Å². The van der Waals surface area contributed by atoms with Gasteiger partial charge >= 0.3 is 0 Å². The van der Waals surface area contributed by atoms with Crippen molar-refractivity contribution in [3.05, 3.63) is 76.9 Å². The largest absolute Gasteiger partial charge is 0.309 e. The fraction of sp³-hybridized carbons (Fsp3) is 0.438. The summed E-state index contributed by atoms with van der Waals surface area (Å²) in [5.74, 6) is 3.58. The van der Waals surface area contributed by atoms with E-state index in [-0.39, 0.29) is 5.41 Å². The summed E-state index contributed by atoms with van der Waals surface area (Å²) in [6, 6.07) is 22.1. The lowest BCUT2D eigenvalue weighted by Crippen LogP contribution is -2.57. The highest BCUT2D eigenvalue weighted by Crippen LogP contribution is 2.67. The molecule has 33 heavy (non-hydrogen) atoms. The Hall–Kier alpha value is -2.54. The number of para-hydroxylation sites is 1. The topological polar surface area (TPSA) is 4.93 Å². The first-order valence-electron chi connectivity index (χ1n) is 13.4. The van der Waals surface area contributed by atoms with Crippen LogP contribution in [0.15, 0.2) is 54.6 Å². The molecule has 0 N–H and O–H groups in total. The third-order valence-electron chi connectivity index (χ3n) is 10.3. The van der Waals surface area contributed by atoms with Gasteiger partial charge in [0.25, 0.3) is 0 Å². The number of aromatic nitrogens is 1. The van der Waals surface area contributed by atoms with Crippen LogP contribution >= 0.6 is 0 Å². The first-order chi connectivity index (χ1) is 16.2. The molecule has 1 spiro atoms. The molecule has 0 atom stereocenters. The van der Waals surface area contributed by atoms with Gasteiger partial charge in [0.15, 0.2) is 0 Å². The molecular formula is C32H33N. The third kappa shape index (κ3) is 2.16. The van der Waals surface area contributed by atoms with E-state index in [4.69, 9.17) is 0 Å². The molecule has 1 heteroatoms. The van der Waals surface area contributed by atoms with E-state index in [9.17, 15) is 0 Å². The Morgan fingerprint density at radius 1 is 0.727 bits per heavy atom. The van der Waals surface area contributed by atoms with Crippen LogP contribution in [0.5, 0.6) is 0 Å². The minimum absolute atomic E-state index is 0.215. The number of rotatable bonds is 2. The van der Waals surface area contributed by atoms with Gasteiger partial charge in [0.1, 0.15) is 0 Å². The molecule has 1 aromatic heterocycles. The molecule has 2 heterocycles. The van der Waals surface area contributed by atoms with Crippen molar-refractivity contribution in [1.29, 1.82) is 0 Å². The zero-order chi connectivity index (χ0) is 21.9. The van der Waals surface area contributed by atoms with Crippen molar-refractivity contribution in [2.75, 3.05) is 0 Å².